The van der Waals surface area contributed by atoms with E-state index in [-0.39, 0.29) is 4.83 Å². The fourth-order valence-corrected chi connectivity index (χ4v) is 2.16. The lowest BCUT2D eigenvalue weighted by atomic mass is 10.2. The molecule has 0 fully saturated rings. The molecule has 2 aromatic rings. The lowest BCUT2D eigenvalue weighted by Crippen LogP contribution is -2.11. The summed E-state index contributed by atoms with van der Waals surface area (Å²) in [6.45, 7) is 0.675. The van der Waals surface area contributed by atoms with Gasteiger partial charge in [-0.2, -0.15) is 0 Å². The predicted molar refractivity (Wildman–Crippen MR) is 67.8 cm³/mol. The maximum atomic E-state index is 5.07. The summed E-state index contributed by atoms with van der Waals surface area (Å²) in [6, 6.07) is 7.88. The molecular weight excluding hydrogens is 268 g/mol. The lowest BCUT2D eigenvalue weighted by Gasteiger charge is -2.07. The first kappa shape index (κ1) is 11.5. The molecule has 2 rings (SSSR count). The summed E-state index contributed by atoms with van der Waals surface area (Å²) >= 11 is 3.55. The number of aromatic nitrogens is 2. The number of nitrogens with zero attached hydrogens (tertiary/aromatic N) is 2. The fourth-order valence-electron chi connectivity index (χ4n) is 1.56. The van der Waals surface area contributed by atoms with E-state index in [1.807, 2.05) is 30.5 Å². The van der Waals surface area contributed by atoms with Crippen LogP contribution in [0.15, 0.2) is 30.5 Å². The molecule has 4 heteroatoms. The summed E-state index contributed by atoms with van der Waals surface area (Å²) in [5, 5.41) is 0. The second kappa shape index (κ2) is 5.37. The minimum absolute atomic E-state index is 0.285. The van der Waals surface area contributed by atoms with E-state index in [1.165, 1.54) is 0 Å². The van der Waals surface area contributed by atoms with Crippen LogP contribution in [-0.4, -0.2) is 28.5 Å². The Labute approximate surface area is 103 Å². The van der Waals surface area contributed by atoms with Crippen LogP contribution >= 0.6 is 15.9 Å². The van der Waals surface area contributed by atoms with Crippen LogP contribution in [0, 0.1) is 0 Å². The van der Waals surface area contributed by atoms with Crippen molar-refractivity contribution in [3.8, 4) is 0 Å². The van der Waals surface area contributed by atoms with Crippen molar-refractivity contribution in [2.24, 2.45) is 0 Å². The van der Waals surface area contributed by atoms with Crippen LogP contribution in [0.3, 0.4) is 0 Å². The van der Waals surface area contributed by atoms with Crippen molar-refractivity contribution in [1.29, 1.82) is 0 Å². The highest BCUT2D eigenvalue weighted by Gasteiger charge is 2.07. The standard InChI is InChI=1S/C12H13BrN2O/c1-16-8-9(13)6-10-7-14-11-4-2-3-5-12(11)15-10/h2-5,7,9H,6,8H2,1H3. The zero-order valence-corrected chi connectivity index (χ0v) is 10.6. The highest BCUT2D eigenvalue weighted by Crippen LogP contribution is 2.12. The van der Waals surface area contributed by atoms with Crippen molar-refractivity contribution in [3.63, 3.8) is 0 Å². The molecule has 3 nitrogen and oxygen atoms in total. The molecule has 0 saturated carbocycles. The third kappa shape index (κ3) is 2.77. The number of methoxy groups -OCH3 is 1. The van der Waals surface area contributed by atoms with E-state index in [4.69, 9.17) is 4.74 Å². The van der Waals surface area contributed by atoms with Crippen LogP contribution in [0.1, 0.15) is 5.69 Å². The van der Waals surface area contributed by atoms with Gasteiger partial charge in [0.05, 0.1) is 23.3 Å². The average molecular weight is 281 g/mol. The van der Waals surface area contributed by atoms with E-state index in [1.54, 1.807) is 7.11 Å². The summed E-state index contributed by atoms with van der Waals surface area (Å²) < 4.78 is 5.07. The first-order valence-electron chi connectivity index (χ1n) is 5.13. The molecule has 0 radical (unpaired) electrons. The lowest BCUT2D eigenvalue weighted by molar-refractivity contribution is 0.200. The monoisotopic (exact) mass is 280 g/mol. The fraction of sp³-hybridized carbons (Fsp3) is 0.333. The Hall–Kier alpha value is -1.00. The number of halogens is 1. The molecule has 0 N–H and O–H groups in total. The van der Waals surface area contributed by atoms with Crippen molar-refractivity contribution in [2.75, 3.05) is 13.7 Å². The molecule has 0 aliphatic carbocycles. The van der Waals surface area contributed by atoms with Gasteiger partial charge in [0, 0.05) is 24.6 Å². The number of fused-ring (bicyclic) bond motifs is 1. The Balaban J connectivity index is 2.19. The van der Waals surface area contributed by atoms with Crippen LogP contribution in [0.4, 0.5) is 0 Å². The molecule has 1 heterocycles. The van der Waals surface area contributed by atoms with Crippen LogP contribution in [0.2, 0.25) is 0 Å². The molecule has 0 aliphatic heterocycles. The number of benzene rings is 1. The summed E-state index contributed by atoms with van der Waals surface area (Å²) in [6.07, 6.45) is 2.65. The van der Waals surface area contributed by atoms with Gasteiger partial charge in [-0.3, -0.25) is 4.98 Å². The van der Waals surface area contributed by atoms with Crippen LogP contribution in [0.5, 0.6) is 0 Å². The zero-order chi connectivity index (χ0) is 11.4. The zero-order valence-electron chi connectivity index (χ0n) is 9.06. The molecule has 1 unspecified atom stereocenters. The SMILES string of the molecule is COCC(Br)Cc1cnc2ccccc2n1. The average Bonchev–Trinajstić information content (AvgIpc) is 2.29. The first-order valence-corrected chi connectivity index (χ1v) is 6.05. The topological polar surface area (TPSA) is 35.0 Å². The smallest absolute Gasteiger partial charge is 0.0890 e. The van der Waals surface area contributed by atoms with Crippen molar-refractivity contribution < 1.29 is 4.74 Å². The summed E-state index contributed by atoms with van der Waals surface area (Å²) in [5.41, 5.74) is 2.86. The van der Waals surface area contributed by atoms with E-state index in [9.17, 15) is 0 Å². The molecule has 0 spiro atoms. The first-order chi connectivity index (χ1) is 7.79. The maximum absolute atomic E-state index is 5.07. The van der Waals surface area contributed by atoms with E-state index in [2.05, 4.69) is 25.9 Å². The number of rotatable bonds is 4. The number of hydrogen-bond acceptors (Lipinski definition) is 3. The number of alkyl halides is 1. The number of para-hydroxylation sites is 2. The molecule has 0 amide bonds. The van der Waals surface area contributed by atoms with Gasteiger partial charge >= 0.3 is 0 Å². The summed E-state index contributed by atoms with van der Waals surface area (Å²) in [5.74, 6) is 0. The van der Waals surface area contributed by atoms with Crippen molar-refractivity contribution in [3.05, 3.63) is 36.2 Å². The van der Waals surface area contributed by atoms with Gasteiger partial charge in [0.15, 0.2) is 0 Å². The van der Waals surface area contributed by atoms with Crippen molar-refractivity contribution in [2.45, 2.75) is 11.2 Å². The quantitative estimate of drug-likeness (QED) is 0.808. The van der Waals surface area contributed by atoms with Gasteiger partial charge in [-0.15, -0.1) is 0 Å². The number of hydrogen-bond donors (Lipinski definition) is 0. The molecule has 0 bridgehead atoms. The van der Waals surface area contributed by atoms with E-state index in [0.717, 1.165) is 23.1 Å². The van der Waals surface area contributed by atoms with Gasteiger partial charge in [-0.05, 0) is 12.1 Å². The molecule has 1 atom stereocenters. The Kier molecular flexibility index (Phi) is 3.85. The minimum Gasteiger partial charge on any atom is -0.384 e. The maximum Gasteiger partial charge on any atom is 0.0890 e. The molecule has 1 aromatic heterocycles. The van der Waals surface area contributed by atoms with Crippen molar-refractivity contribution in [1.82, 2.24) is 9.97 Å². The van der Waals surface area contributed by atoms with E-state index >= 15 is 0 Å². The van der Waals surface area contributed by atoms with Crippen LogP contribution < -0.4 is 0 Å². The Morgan fingerprint density at radius 1 is 1.31 bits per heavy atom. The second-order valence-corrected chi connectivity index (χ2v) is 4.90. The van der Waals surface area contributed by atoms with E-state index in [0.29, 0.717) is 6.61 Å². The third-order valence-corrected chi connectivity index (χ3v) is 2.86. The molecule has 1 aromatic carbocycles. The minimum atomic E-state index is 0.285. The molecule has 0 saturated heterocycles. The van der Waals surface area contributed by atoms with E-state index < -0.39 is 0 Å². The highest BCUT2D eigenvalue weighted by atomic mass is 79.9. The van der Waals surface area contributed by atoms with Crippen LogP contribution in [0.25, 0.3) is 11.0 Å². The highest BCUT2D eigenvalue weighted by molar-refractivity contribution is 9.09. The number of ether oxygens (including phenoxy) is 1. The normalized spacial score (nSPS) is 12.9. The van der Waals surface area contributed by atoms with Gasteiger partial charge in [0.25, 0.3) is 0 Å². The summed E-state index contributed by atoms with van der Waals surface area (Å²) in [4.78, 5) is 9.20. The molecule has 84 valence electrons. The molecule has 16 heavy (non-hydrogen) atoms. The summed E-state index contributed by atoms with van der Waals surface area (Å²) in [7, 11) is 1.69. The van der Waals surface area contributed by atoms with Gasteiger partial charge in [-0.1, -0.05) is 28.1 Å². The van der Waals surface area contributed by atoms with Crippen LogP contribution in [-0.2, 0) is 11.2 Å². The van der Waals surface area contributed by atoms with Gasteiger partial charge in [0.2, 0.25) is 0 Å². The second-order valence-electron chi connectivity index (χ2n) is 3.61. The molecule has 0 aliphatic rings. The Bertz CT molecular complexity index is 475. The predicted octanol–water partition coefficient (Wildman–Crippen LogP) is 2.58. The molecular formula is C12H13BrN2O. The largest absolute Gasteiger partial charge is 0.384 e. The Morgan fingerprint density at radius 2 is 2.06 bits per heavy atom. The third-order valence-electron chi connectivity index (χ3n) is 2.28. The van der Waals surface area contributed by atoms with Gasteiger partial charge in [0.1, 0.15) is 0 Å². The van der Waals surface area contributed by atoms with Crippen molar-refractivity contribution >= 4 is 27.0 Å². The van der Waals surface area contributed by atoms with Gasteiger partial charge < -0.3 is 4.74 Å². The Morgan fingerprint density at radius 3 is 2.81 bits per heavy atom. The van der Waals surface area contributed by atoms with Gasteiger partial charge in [-0.25, -0.2) is 4.98 Å².